The van der Waals surface area contributed by atoms with Crippen molar-refractivity contribution in [1.29, 1.82) is 0 Å². The van der Waals surface area contributed by atoms with Gasteiger partial charge in [0.05, 0.1) is 6.33 Å². The first kappa shape index (κ1) is 11.5. The van der Waals surface area contributed by atoms with Gasteiger partial charge in [-0.3, -0.25) is 4.79 Å². The zero-order chi connectivity index (χ0) is 13.2. The van der Waals surface area contributed by atoms with Crippen molar-refractivity contribution in [1.82, 2.24) is 9.55 Å². The summed E-state index contributed by atoms with van der Waals surface area (Å²) >= 11 is 0. The van der Waals surface area contributed by atoms with E-state index in [-0.39, 0.29) is 11.8 Å². The molecule has 1 aliphatic heterocycles. The van der Waals surface area contributed by atoms with Crippen molar-refractivity contribution in [2.45, 2.75) is 6.42 Å². The maximum Gasteiger partial charge on any atom is 0.228 e. The Morgan fingerprint density at radius 2 is 2.21 bits per heavy atom. The molecule has 1 fully saturated rings. The van der Waals surface area contributed by atoms with Gasteiger partial charge in [-0.1, -0.05) is 6.07 Å². The predicted octanol–water partition coefficient (Wildman–Crippen LogP) is 1.86. The van der Waals surface area contributed by atoms with Crippen LogP contribution in [0.4, 0.5) is 5.69 Å². The van der Waals surface area contributed by atoms with Crippen LogP contribution < -0.4 is 4.90 Å². The fraction of sp³-hybridized carbons (Fsp3) is 0.200. The van der Waals surface area contributed by atoms with Crippen molar-refractivity contribution in [3.05, 3.63) is 43.0 Å². The molecule has 0 spiro atoms. The Morgan fingerprint density at radius 1 is 1.37 bits per heavy atom. The van der Waals surface area contributed by atoms with Gasteiger partial charge in [-0.2, -0.15) is 0 Å². The SMILES string of the molecule is C#CC1CC(=O)N(c2cccc(-n3ccnc3)c2)C1. The number of rotatable bonds is 2. The van der Waals surface area contributed by atoms with Crippen LogP contribution in [0.15, 0.2) is 43.0 Å². The molecule has 0 radical (unpaired) electrons. The molecule has 1 atom stereocenters. The molecule has 3 rings (SSSR count). The van der Waals surface area contributed by atoms with Gasteiger partial charge in [-0.05, 0) is 18.2 Å². The fourth-order valence-corrected chi connectivity index (χ4v) is 2.30. The highest BCUT2D eigenvalue weighted by Crippen LogP contribution is 2.26. The second-order valence-electron chi connectivity index (χ2n) is 4.56. The number of benzene rings is 1. The van der Waals surface area contributed by atoms with Gasteiger partial charge in [0, 0.05) is 42.7 Å². The average Bonchev–Trinajstić information content (AvgIpc) is 3.08. The van der Waals surface area contributed by atoms with Gasteiger partial charge in [0.2, 0.25) is 5.91 Å². The van der Waals surface area contributed by atoms with Gasteiger partial charge in [0.1, 0.15) is 0 Å². The molecule has 1 aliphatic rings. The van der Waals surface area contributed by atoms with E-state index in [1.807, 2.05) is 35.0 Å². The number of aromatic nitrogens is 2. The van der Waals surface area contributed by atoms with E-state index < -0.39 is 0 Å². The number of carbonyl (C=O) groups excluding carboxylic acids is 1. The quantitative estimate of drug-likeness (QED) is 0.764. The van der Waals surface area contributed by atoms with E-state index in [9.17, 15) is 4.79 Å². The van der Waals surface area contributed by atoms with Crippen LogP contribution in [0.5, 0.6) is 0 Å². The molecule has 0 bridgehead atoms. The molecular formula is C15H13N3O. The van der Waals surface area contributed by atoms with Gasteiger partial charge in [-0.15, -0.1) is 12.3 Å². The van der Waals surface area contributed by atoms with Gasteiger partial charge in [0.15, 0.2) is 0 Å². The van der Waals surface area contributed by atoms with Crippen molar-refractivity contribution in [2.24, 2.45) is 5.92 Å². The van der Waals surface area contributed by atoms with Crippen molar-refractivity contribution >= 4 is 11.6 Å². The smallest absolute Gasteiger partial charge is 0.228 e. The van der Waals surface area contributed by atoms with Gasteiger partial charge < -0.3 is 9.47 Å². The van der Waals surface area contributed by atoms with Crippen LogP contribution in [0.1, 0.15) is 6.42 Å². The van der Waals surface area contributed by atoms with Crippen LogP contribution in [0.25, 0.3) is 5.69 Å². The summed E-state index contributed by atoms with van der Waals surface area (Å²) in [5.41, 5.74) is 1.86. The summed E-state index contributed by atoms with van der Waals surface area (Å²) in [6, 6.07) is 7.81. The number of anilines is 1. The number of hydrogen-bond donors (Lipinski definition) is 0. The molecule has 94 valence electrons. The van der Waals surface area contributed by atoms with E-state index in [0.717, 1.165) is 11.4 Å². The monoisotopic (exact) mass is 251 g/mol. The Hall–Kier alpha value is -2.54. The molecule has 0 N–H and O–H groups in total. The summed E-state index contributed by atoms with van der Waals surface area (Å²) in [7, 11) is 0. The number of hydrogen-bond acceptors (Lipinski definition) is 2. The molecule has 1 unspecified atom stereocenters. The number of nitrogens with zero attached hydrogens (tertiary/aromatic N) is 3. The second kappa shape index (κ2) is 4.62. The highest BCUT2D eigenvalue weighted by Gasteiger charge is 2.29. The molecule has 1 saturated heterocycles. The Kier molecular flexibility index (Phi) is 2.81. The fourth-order valence-electron chi connectivity index (χ4n) is 2.30. The molecule has 1 aromatic heterocycles. The molecule has 4 nitrogen and oxygen atoms in total. The van der Waals surface area contributed by atoms with Crippen molar-refractivity contribution < 1.29 is 4.79 Å². The van der Waals surface area contributed by atoms with Crippen LogP contribution in [0.2, 0.25) is 0 Å². The maximum atomic E-state index is 12.0. The summed E-state index contributed by atoms with van der Waals surface area (Å²) in [5.74, 6) is 2.77. The van der Waals surface area contributed by atoms with Gasteiger partial charge in [-0.25, -0.2) is 4.98 Å². The molecular weight excluding hydrogens is 238 g/mol. The molecule has 2 aromatic rings. The zero-order valence-electron chi connectivity index (χ0n) is 10.4. The van der Waals surface area contributed by atoms with Crippen molar-refractivity contribution in [2.75, 3.05) is 11.4 Å². The van der Waals surface area contributed by atoms with E-state index in [4.69, 9.17) is 6.42 Å². The third-order valence-electron chi connectivity index (χ3n) is 3.30. The highest BCUT2D eigenvalue weighted by molar-refractivity contribution is 5.96. The van der Waals surface area contributed by atoms with Crippen LogP contribution >= 0.6 is 0 Å². The molecule has 4 heteroatoms. The highest BCUT2D eigenvalue weighted by atomic mass is 16.2. The third-order valence-corrected chi connectivity index (χ3v) is 3.30. The lowest BCUT2D eigenvalue weighted by atomic mass is 10.1. The molecule has 0 saturated carbocycles. The number of imidazole rings is 1. The summed E-state index contributed by atoms with van der Waals surface area (Å²) in [6.45, 7) is 0.600. The summed E-state index contributed by atoms with van der Waals surface area (Å²) in [5, 5.41) is 0. The first-order chi connectivity index (χ1) is 9.28. The first-order valence-corrected chi connectivity index (χ1v) is 6.13. The standard InChI is InChI=1S/C15H13N3O/c1-2-12-8-15(19)18(10-12)14-5-3-4-13(9-14)17-7-6-16-11-17/h1,3-7,9,11-12H,8,10H2. The number of carbonyl (C=O) groups is 1. The lowest BCUT2D eigenvalue weighted by Gasteiger charge is -2.17. The maximum absolute atomic E-state index is 12.0. The van der Waals surface area contributed by atoms with E-state index in [1.165, 1.54) is 0 Å². The Balaban J connectivity index is 1.92. The lowest BCUT2D eigenvalue weighted by Crippen LogP contribution is -2.24. The van der Waals surface area contributed by atoms with E-state index in [2.05, 4.69) is 10.9 Å². The molecule has 1 amide bonds. The van der Waals surface area contributed by atoms with Crippen LogP contribution in [0, 0.1) is 18.3 Å². The number of amides is 1. The summed E-state index contributed by atoms with van der Waals surface area (Å²) in [6.07, 6.45) is 11.2. The van der Waals surface area contributed by atoms with Crippen molar-refractivity contribution in [3.8, 4) is 18.0 Å². The summed E-state index contributed by atoms with van der Waals surface area (Å²) < 4.78 is 1.91. The third kappa shape index (κ3) is 2.11. The molecule has 19 heavy (non-hydrogen) atoms. The van der Waals surface area contributed by atoms with E-state index >= 15 is 0 Å². The Morgan fingerprint density at radius 3 is 2.89 bits per heavy atom. The largest absolute Gasteiger partial charge is 0.311 e. The molecule has 2 heterocycles. The average molecular weight is 251 g/mol. The van der Waals surface area contributed by atoms with Gasteiger partial charge >= 0.3 is 0 Å². The van der Waals surface area contributed by atoms with E-state index in [1.54, 1.807) is 17.4 Å². The Labute approximate surface area is 111 Å². The minimum Gasteiger partial charge on any atom is -0.311 e. The minimum atomic E-state index is 0.0180. The molecule has 1 aromatic carbocycles. The lowest BCUT2D eigenvalue weighted by molar-refractivity contribution is -0.117. The molecule has 0 aliphatic carbocycles. The first-order valence-electron chi connectivity index (χ1n) is 6.13. The van der Waals surface area contributed by atoms with Crippen LogP contribution in [-0.2, 0) is 4.79 Å². The van der Waals surface area contributed by atoms with Crippen LogP contribution in [0.3, 0.4) is 0 Å². The second-order valence-corrected chi connectivity index (χ2v) is 4.56. The minimum absolute atomic E-state index is 0.0180. The Bertz CT molecular complexity index is 640. The topological polar surface area (TPSA) is 38.1 Å². The normalized spacial score (nSPS) is 18.6. The van der Waals surface area contributed by atoms with Crippen molar-refractivity contribution in [3.63, 3.8) is 0 Å². The predicted molar refractivity (Wildman–Crippen MR) is 72.9 cm³/mol. The van der Waals surface area contributed by atoms with Crippen LogP contribution in [-0.4, -0.2) is 22.0 Å². The zero-order valence-corrected chi connectivity index (χ0v) is 10.4. The van der Waals surface area contributed by atoms with E-state index in [0.29, 0.717) is 13.0 Å². The van der Waals surface area contributed by atoms with Gasteiger partial charge in [0.25, 0.3) is 0 Å². The number of terminal acetylenes is 1. The summed E-state index contributed by atoms with van der Waals surface area (Å²) in [4.78, 5) is 17.7.